The first-order valence-corrected chi connectivity index (χ1v) is 5.20. The Morgan fingerprint density at radius 3 is 2.80 bits per heavy atom. The van der Waals surface area contributed by atoms with Gasteiger partial charge in [-0.1, -0.05) is 0 Å². The van der Waals surface area contributed by atoms with Crippen molar-refractivity contribution < 1.29 is 9.63 Å². The molecule has 0 saturated heterocycles. The highest BCUT2D eigenvalue weighted by Gasteiger charge is 2.14. The van der Waals surface area contributed by atoms with Gasteiger partial charge in [0, 0.05) is 19.5 Å². The van der Waals surface area contributed by atoms with E-state index >= 15 is 0 Å². The standard InChI is InChI=1S/C12H15NO2/c1-9-6-12(15-13(9)2)8-10-4-3-5-11(14)7-10/h6-8H,3-5H2,1-2H3. The van der Waals surface area contributed by atoms with Gasteiger partial charge in [-0.3, -0.25) is 4.79 Å². The van der Waals surface area contributed by atoms with Crippen molar-refractivity contribution in [1.29, 1.82) is 0 Å². The summed E-state index contributed by atoms with van der Waals surface area (Å²) in [6, 6.07) is 0. The SMILES string of the molecule is CC1=CC(=CC2=CC(=O)CCC2)ON1C. The van der Waals surface area contributed by atoms with Gasteiger partial charge in [-0.2, -0.15) is 0 Å². The van der Waals surface area contributed by atoms with Crippen LogP contribution >= 0.6 is 0 Å². The fourth-order valence-corrected chi connectivity index (χ4v) is 1.74. The van der Waals surface area contributed by atoms with E-state index in [4.69, 9.17) is 4.84 Å². The molecule has 2 aliphatic rings. The Hall–Kier alpha value is -1.51. The van der Waals surface area contributed by atoms with Crippen molar-refractivity contribution in [2.24, 2.45) is 0 Å². The molecule has 3 heteroatoms. The van der Waals surface area contributed by atoms with Crippen LogP contribution in [0.25, 0.3) is 0 Å². The molecule has 0 fully saturated rings. The second kappa shape index (κ2) is 3.93. The van der Waals surface area contributed by atoms with Crippen LogP contribution in [-0.4, -0.2) is 17.9 Å². The number of nitrogens with zero attached hydrogens (tertiary/aromatic N) is 1. The van der Waals surface area contributed by atoms with Crippen molar-refractivity contribution in [3.63, 3.8) is 0 Å². The Labute approximate surface area is 89.7 Å². The molecule has 0 N–H and O–H groups in total. The first-order chi connectivity index (χ1) is 7.15. The van der Waals surface area contributed by atoms with Crippen molar-refractivity contribution >= 4 is 5.78 Å². The zero-order chi connectivity index (χ0) is 10.8. The molecule has 0 spiro atoms. The number of carbonyl (C=O) groups is 1. The minimum absolute atomic E-state index is 0.222. The lowest BCUT2D eigenvalue weighted by Crippen LogP contribution is -2.09. The lowest BCUT2D eigenvalue weighted by atomic mass is 9.98. The fraction of sp³-hybridized carbons (Fsp3) is 0.417. The number of carbonyl (C=O) groups excluding carboxylic acids is 1. The molecule has 2 rings (SSSR count). The van der Waals surface area contributed by atoms with E-state index in [-0.39, 0.29) is 5.78 Å². The molecule has 0 aromatic carbocycles. The predicted octanol–water partition coefficient (Wildman–Crippen LogP) is 2.33. The van der Waals surface area contributed by atoms with Crippen molar-refractivity contribution in [3.05, 3.63) is 35.3 Å². The molecule has 1 aliphatic heterocycles. The molecule has 0 aromatic rings. The van der Waals surface area contributed by atoms with Crippen LogP contribution in [0.2, 0.25) is 0 Å². The first-order valence-electron chi connectivity index (χ1n) is 5.20. The van der Waals surface area contributed by atoms with Gasteiger partial charge in [-0.25, -0.2) is 5.06 Å². The number of hydrogen-bond acceptors (Lipinski definition) is 3. The summed E-state index contributed by atoms with van der Waals surface area (Å²) < 4.78 is 0. The summed E-state index contributed by atoms with van der Waals surface area (Å²) >= 11 is 0. The van der Waals surface area contributed by atoms with Crippen LogP contribution < -0.4 is 0 Å². The lowest BCUT2D eigenvalue weighted by Gasteiger charge is -2.12. The molecule has 0 bridgehead atoms. The Morgan fingerprint density at radius 2 is 2.20 bits per heavy atom. The molecular weight excluding hydrogens is 190 g/mol. The van der Waals surface area contributed by atoms with Crippen LogP contribution in [0.4, 0.5) is 0 Å². The first kappa shape index (κ1) is 10.0. The largest absolute Gasteiger partial charge is 0.380 e. The van der Waals surface area contributed by atoms with E-state index in [1.165, 1.54) is 0 Å². The van der Waals surface area contributed by atoms with Crippen LogP contribution in [0.5, 0.6) is 0 Å². The third-order valence-electron chi connectivity index (χ3n) is 2.65. The monoisotopic (exact) mass is 205 g/mol. The summed E-state index contributed by atoms with van der Waals surface area (Å²) in [6.45, 7) is 1.99. The van der Waals surface area contributed by atoms with Gasteiger partial charge in [0.25, 0.3) is 0 Å². The quantitative estimate of drug-likeness (QED) is 0.658. The van der Waals surface area contributed by atoms with Crippen molar-refractivity contribution in [1.82, 2.24) is 5.06 Å². The van der Waals surface area contributed by atoms with Gasteiger partial charge >= 0.3 is 0 Å². The highest BCUT2D eigenvalue weighted by Crippen LogP contribution is 2.23. The maximum absolute atomic E-state index is 11.2. The second-order valence-corrected chi connectivity index (χ2v) is 3.96. The maximum Gasteiger partial charge on any atom is 0.157 e. The number of allylic oxidation sites excluding steroid dienone is 5. The fourth-order valence-electron chi connectivity index (χ4n) is 1.74. The maximum atomic E-state index is 11.2. The van der Waals surface area contributed by atoms with E-state index in [0.717, 1.165) is 29.9 Å². The summed E-state index contributed by atoms with van der Waals surface area (Å²) in [5.74, 6) is 1.04. The Balaban J connectivity index is 2.14. The smallest absolute Gasteiger partial charge is 0.157 e. The Kier molecular flexibility index (Phi) is 2.62. The molecule has 0 atom stereocenters. The summed E-state index contributed by atoms with van der Waals surface area (Å²) in [5.41, 5.74) is 2.14. The average molecular weight is 205 g/mol. The van der Waals surface area contributed by atoms with Crippen LogP contribution in [0.3, 0.4) is 0 Å². The Bertz CT molecular complexity index is 377. The number of ketones is 1. The molecule has 0 saturated carbocycles. The summed E-state index contributed by atoms with van der Waals surface area (Å²) in [5, 5.41) is 1.72. The normalized spacial score (nSPS) is 24.0. The molecule has 80 valence electrons. The zero-order valence-corrected chi connectivity index (χ0v) is 9.12. The van der Waals surface area contributed by atoms with Crippen molar-refractivity contribution in [2.45, 2.75) is 26.2 Å². The molecule has 15 heavy (non-hydrogen) atoms. The molecule has 0 aromatic heterocycles. The number of hydrogen-bond donors (Lipinski definition) is 0. The van der Waals surface area contributed by atoms with Gasteiger partial charge in [-0.15, -0.1) is 0 Å². The minimum atomic E-state index is 0.222. The predicted molar refractivity (Wildman–Crippen MR) is 57.6 cm³/mol. The van der Waals surface area contributed by atoms with Crippen molar-refractivity contribution in [3.8, 4) is 0 Å². The van der Waals surface area contributed by atoms with Gasteiger partial charge in [0.15, 0.2) is 11.5 Å². The van der Waals surface area contributed by atoms with Gasteiger partial charge < -0.3 is 4.84 Å². The van der Waals surface area contributed by atoms with Gasteiger partial charge in [0.1, 0.15) is 0 Å². The molecular formula is C12H15NO2. The molecule has 1 heterocycles. The highest BCUT2D eigenvalue weighted by molar-refractivity contribution is 5.91. The molecule has 0 unspecified atom stereocenters. The van der Waals surface area contributed by atoms with Gasteiger partial charge in [0.05, 0.1) is 5.70 Å². The number of rotatable bonds is 1. The third-order valence-corrected chi connectivity index (χ3v) is 2.65. The van der Waals surface area contributed by atoms with Crippen LogP contribution in [0, 0.1) is 0 Å². The van der Waals surface area contributed by atoms with Crippen LogP contribution in [0.1, 0.15) is 26.2 Å². The average Bonchev–Trinajstić information content (AvgIpc) is 2.45. The van der Waals surface area contributed by atoms with E-state index < -0.39 is 0 Å². The summed E-state index contributed by atoms with van der Waals surface area (Å²) in [7, 11) is 1.87. The topological polar surface area (TPSA) is 29.5 Å². The molecule has 3 nitrogen and oxygen atoms in total. The van der Waals surface area contributed by atoms with Crippen LogP contribution in [-0.2, 0) is 9.63 Å². The second-order valence-electron chi connectivity index (χ2n) is 3.96. The number of hydroxylamine groups is 2. The van der Waals surface area contributed by atoms with E-state index in [0.29, 0.717) is 6.42 Å². The van der Waals surface area contributed by atoms with Gasteiger partial charge in [0.2, 0.25) is 0 Å². The third kappa shape index (κ3) is 2.29. The highest BCUT2D eigenvalue weighted by atomic mass is 16.7. The van der Waals surface area contributed by atoms with Gasteiger partial charge in [-0.05, 0) is 37.5 Å². The minimum Gasteiger partial charge on any atom is -0.380 e. The summed E-state index contributed by atoms with van der Waals surface area (Å²) in [6.07, 6.45) is 8.25. The summed E-state index contributed by atoms with van der Waals surface area (Å²) in [4.78, 5) is 16.7. The molecule has 0 radical (unpaired) electrons. The van der Waals surface area contributed by atoms with E-state index in [1.54, 1.807) is 11.1 Å². The van der Waals surface area contributed by atoms with E-state index in [2.05, 4.69) is 0 Å². The Morgan fingerprint density at radius 1 is 1.40 bits per heavy atom. The van der Waals surface area contributed by atoms with Crippen molar-refractivity contribution in [2.75, 3.05) is 7.05 Å². The van der Waals surface area contributed by atoms with E-state index in [1.807, 2.05) is 26.1 Å². The van der Waals surface area contributed by atoms with Crippen LogP contribution in [0.15, 0.2) is 35.3 Å². The molecule has 1 aliphatic carbocycles. The lowest BCUT2D eigenvalue weighted by molar-refractivity contribution is -0.115. The molecule has 0 amide bonds. The van der Waals surface area contributed by atoms with E-state index in [9.17, 15) is 4.79 Å². The zero-order valence-electron chi connectivity index (χ0n) is 9.12.